The molecule has 0 saturated heterocycles. The number of furan rings is 1. The lowest BCUT2D eigenvalue weighted by molar-refractivity contribution is 0.306. The monoisotopic (exact) mass is 392 g/mol. The summed E-state index contributed by atoms with van der Waals surface area (Å²) in [5, 5.41) is 10.9. The minimum atomic E-state index is -0.591. The van der Waals surface area contributed by atoms with Gasteiger partial charge in [-0.25, -0.2) is 4.79 Å². The van der Waals surface area contributed by atoms with Crippen molar-refractivity contribution in [3.8, 4) is 28.8 Å². The van der Waals surface area contributed by atoms with E-state index >= 15 is 0 Å². The van der Waals surface area contributed by atoms with Crippen LogP contribution in [0.25, 0.3) is 22.5 Å². The predicted octanol–water partition coefficient (Wildman–Crippen LogP) is 4.96. The maximum atomic E-state index is 11.9. The Labute approximate surface area is 166 Å². The molecule has 0 bridgehead atoms. The third kappa shape index (κ3) is 3.57. The van der Waals surface area contributed by atoms with Gasteiger partial charge < -0.3 is 23.4 Å². The molecule has 0 aliphatic rings. The topological polar surface area (TPSA) is 82.0 Å². The molecule has 6 heteroatoms. The van der Waals surface area contributed by atoms with Crippen LogP contribution in [0.1, 0.15) is 16.7 Å². The Morgan fingerprint density at radius 1 is 0.931 bits per heavy atom. The van der Waals surface area contributed by atoms with E-state index in [1.807, 2.05) is 36.4 Å². The van der Waals surface area contributed by atoms with E-state index in [0.29, 0.717) is 29.3 Å². The third-order valence-electron chi connectivity index (χ3n) is 4.83. The summed E-state index contributed by atoms with van der Waals surface area (Å²) in [6.45, 7) is 3.61. The summed E-state index contributed by atoms with van der Waals surface area (Å²) >= 11 is 0. The second kappa shape index (κ2) is 7.39. The molecular weight excluding hydrogens is 372 g/mol. The molecule has 0 atom stereocenters. The van der Waals surface area contributed by atoms with Crippen molar-refractivity contribution in [1.29, 1.82) is 0 Å². The molecule has 4 aromatic rings. The largest absolute Gasteiger partial charge is 0.507 e. The number of rotatable bonds is 5. The fraction of sp³-hybridized carbons (Fsp3) is 0.174. The molecule has 0 unspecified atom stereocenters. The van der Waals surface area contributed by atoms with E-state index in [0.717, 1.165) is 16.7 Å². The molecule has 2 aromatic carbocycles. The molecule has 0 spiro atoms. The molecule has 0 aliphatic carbocycles. The summed E-state index contributed by atoms with van der Waals surface area (Å²) < 4.78 is 22.2. The van der Waals surface area contributed by atoms with Gasteiger partial charge in [-0.05, 0) is 55.8 Å². The van der Waals surface area contributed by atoms with E-state index in [-0.39, 0.29) is 17.1 Å². The summed E-state index contributed by atoms with van der Waals surface area (Å²) in [5.74, 6) is 1.99. The lowest BCUT2D eigenvalue weighted by Crippen LogP contribution is -2.05. The third-order valence-corrected chi connectivity index (χ3v) is 4.83. The minimum absolute atomic E-state index is 0.0831. The Morgan fingerprint density at radius 3 is 2.38 bits per heavy atom. The highest BCUT2D eigenvalue weighted by Gasteiger charge is 2.18. The van der Waals surface area contributed by atoms with E-state index in [9.17, 15) is 9.90 Å². The lowest BCUT2D eigenvalue weighted by Gasteiger charge is -2.07. The van der Waals surface area contributed by atoms with Crippen LogP contribution in [0.2, 0.25) is 0 Å². The van der Waals surface area contributed by atoms with Crippen LogP contribution in [0.5, 0.6) is 17.2 Å². The van der Waals surface area contributed by atoms with E-state index in [1.165, 1.54) is 6.92 Å². The number of benzene rings is 2. The van der Waals surface area contributed by atoms with Crippen LogP contribution in [0.4, 0.5) is 0 Å². The summed E-state index contributed by atoms with van der Waals surface area (Å²) in [4.78, 5) is 11.9. The van der Waals surface area contributed by atoms with Crippen LogP contribution >= 0.6 is 0 Å². The Morgan fingerprint density at radius 2 is 1.66 bits per heavy atom. The number of hydrogen-bond acceptors (Lipinski definition) is 6. The number of fused-ring (bicyclic) bond motifs is 1. The maximum absolute atomic E-state index is 11.9. The van der Waals surface area contributed by atoms with Gasteiger partial charge in [0.25, 0.3) is 0 Å². The summed E-state index contributed by atoms with van der Waals surface area (Å²) in [7, 11) is 1.63. The fourth-order valence-corrected chi connectivity index (χ4v) is 3.08. The molecule has 0 radical (unpaired) electrons. The average molecular weight is 392 g/mol. The zero-order valence-electron chi connectivity index (χ0n) is 16.3. The van der Waals surface area contributed by atoms with Gasteiger partial charge in [0, 0.05) is 10.9 Å². The number of hydrogen-bond donors (Lipinski definition) is 1. The minimum Gasteiger partial charge on any atom is -0.507 e. The summed E-state index contributed by atoms with van der Waals surface area (Å²) in [6.07, 6.45) is 0. The van der Waals surface area contributed by atoms with Crippen molar-refractivity contribution in [2.75, 3.05) is 7.11 Å². The first kappa shape index (κ1) is 18.7. The number of ether oxygens (including phenoxy) is 2. The molecule has 0 aliphatic heterocycles. The zero-order chi connectivity index (χ0) is 20.5. The second-order valence-corrected chi connectivity index (χ2v) is 6.76. The molecule has 6 nitrogen and oxygen atoms in total. The van der Waals surface area contributed by atoms with Crippen LogP contribution in [0.3, 0.4) is 0 Å². The molecule has 1 N–H and O–H groups in total. The Hall–Kier alpha value is -3.67. The zero-order valence-corrected chi connectivity index (χ0v) is 16.3. The van der Waals surface area contributed by atoms with Gasteiger partial charge in [0.15, 0.2) is 11.5 Å². The molecular formula is C23H20O6. The van der Waals surface area contributed by atoms with Crippen molar-refractivity contribution in [3.05, 3.63) is 75.6 Å². The second-order valence-electron chi connectivity index (χ2n) is 6.76. The highest BCUT2D eigenvalue weighted by Crippen LogP contribution is 2.34. The van der Waals surface area contributed by atoms with Gasteiger partial charge in [0.1, 0.15) is 29.4 Å². The molecule has 0 amide bonds. The Bertz CT molecular complexity index is 1230. The molecule has 29 heavy (non-hydrogen) atoms. The van der Waals surface area contributed by atoms with Gasteiger partial charge in [-0.3, -0.25) is 0 Å². The van der Waals surface area contributed by atoms with Crippen LogP contribution in [-0.2, 0) is 6.61 Å². The van der Waals surface area contributed by atoms with E-state index < -0.39 is 5.63 Å². The highest BCUT2D eigenvalue weighted by molar-refractivity contribution is 5.84. The Kier molecular flexibility index (Phi) is 4.76. The van der Waals surface area contributed by atoms with Crippen LogP contribution < -0.4 is 15.1 Å². The van der Waals surface area contributed by atoms with E-state index in [4.69, 9.17) is 18.3 Å². The highest BCUT2D eigenvalue weighted by atomic mass is 16.5. The van der Waals surface area contributed by atoms with Crippen LogP contribution in [0, 0.1) is 13.8 Å². The van der Waals surface area contributed by atoms with Crippen molar-refractivity contribution in [2.24, 2.45) is 0 Å². The molecule has 4 rings (SSSR count). The van der Waals surface area contributed by atoms with Gasteiger partial charge in [-0.15, -0.1) is 0 Å². The van der Waals surface area contributed by atoms with Gasteiger partial charge in [0.2, 0.25) is 0 Å². The fourth-order valence-electron chi connectivity index (χ4n) is 3.08. The summed E-state index contributed by atoms with van der Waals surface area (Å²) in [6, 6.07) is 14.9. The standard InChI is InChI=1S/C23H20O6/c1-13-21(24)14(2)23(25)29-22(13)20-11-16-10-18(8-9-19(16)28-20)27-12-15-4-6-17(26-3)7-5-15/h4-11,24H,12H2,1-3H3. The van der Waals surface area contributed by atoms with Crippen molar-refractivity contribution in [1.82, 2.24) is 0 Å². The molecule has 0 fully saturated rings. The van der Waals surface area contributed by atoms with Gasteiger partial charge >= 0.3 is 5.63 Å². The first-order chi connectivity index (χ1) is 14.0. The van der Waals surface area contributed by atoms with Crippen LogP contribution in [-0.4, -0.2) is 12.2 Å². The number of aromatic hydroxyl groups is 1. The van der Waals surface area contributed by atoms with Crippen molar-refractivity contribution in [3.63, 3.8) is 0 Å². The smallest absolute Gasteiger partial charge is 0.343 e. The number of methoxy groups -OCH3 is 1. The summed E-state index contributed by atoms with van der Waals surface area (Å²) in [5.41, 5.74) is 1.69. The maximum Gasteiger partial charge on any atom is 0.343 e. The first-order valence-corrected chi connectivity index (χ1v) is 9.09. The quantitative estimate of drug-likeness (QED) is 0.517. The SMILES string of the molecule is COc1ccc(COc2ccc3oc(-c4oc(=O)c(C)c(O)c4C)cc3c2)cc1. The normalized spacial score (nSPS) is 11.0. The van der Waals surface area contributed by atoms with Crippen molar-refractivity contribution in [2.45, 2.75) is 20.5 Å². The molecule has 0 saturated carbocycles. The molecule has 148 valence electrons. The van der Waals surface area contributed by atoms with Gasteiger partial charge in [0.05, 0.1) is 12.7 Å². The lowest BCUT2D eigenvalue weighted by atomic mass is 10.1. The van der Waals surface area contributed by atoms with Crippen LogP contribution in [0.15, 0.2) is 62.2 Å². The van der Waals surface area contributed by atoms with Crippen molar-refractivity contribution < 1.29 is 23.4 Å². The first-order valence-electron chi connectivity index (χ1n) is 9.09. The van der Waals surface area contributed by atoms with Gasteiger partial charge in [-0.2, -0.15) is 0 Å². The average Bonchev–Trinajstić information content (AvgIpc) is 3.16. The predicted molar refractivity (Wildman–Crippen MR) is 109 cm³/mol. The molecule has 2 aromatic heterocycles. The van der Waals surface area contributed by atoms with E-state index in [2.05, 4.69) is 0 Å². The van der Waals surface area contributed by atoms with Gasteiger partial charge in [-0.1, -0.05) is 12.1 Å². The molecule has 2 heterocycles. The Balaban J connectivity index is 1.60. The van der Waals surface area contributed by atoms with Crippen molar-refractivity contribution >= 4 is 11.0 Å². The van der Waals surface area contributed by atoms with E-state index in [1.54, 1.807) is 26.2 Å².